The quantitative estimate of drug-likeness (QED) is 0.643. The van der Waals surface area contributed by atoms with Gasteiger partial charge in [-0.3, -0.25) is 4.79 Å². The lowest BCUT2D eigenvalue weighted by atomic mass is 10.1. The van der Waals surface area contributed by atoms with Gasteiger partial charge in [0, 0.05) is 5.56 Å². The summed E-state index contributed by atoms with van der Waals surface area (Å²) < 4.78 is 5.08. The summed E-state index contributed by atoms with van der Waals surface area (Å²) >= 11 is 0. The number of amides is 1. The van der Waals surface area contributed by atoms with E-state index in [2.05, 4.69) is 15.5 Å². The maximum Gasteiger partial charge on any atom is 0.276 e. The number of hydrogen-bond acceptors (Lipinski definition) is 4. The second-order valence-corrected chi connectivity index (χ2v) is 3.71. The molecule has 5 nitrogen and oxygen atoms in total. The van der Waals surface area contributed by atoms with Crippen LogP contribution in [0.3, 0.4) is 0 Å². The average molecular weight is 239 g/mol. The molecule has 0 saturated carbocycles. The molecule has 1 aromatic heterocycles. The highest BCUT2D eigenvalue weighted by Crippen LogP contribution is 2.22. The molecule has 5 heteroatoms. The highest BCUT2D eigenvalue weighted by Gasteiger charge is 2.25. The third-order valence-corrected chi connectivity index (χ3v) is 2.53. The van der Waals surface area contributed by atoms with Crippen LogP contribution in [0.5, 0.6) is 0 Å². The Hall–Kier alpha value is -2.69. The molecule has 0 radical (unpaired) electrons. The van der Waals surface area contributed by atoms with Gasteiger partial charge in [-0.05, 0) is 18.2 Å². The second kappa shape index (κ2) is 4.29. The number of rotatable bonds is 2. The molecular weight excluding hydrogens is 230 g/mol. The van der Waals surface area contributed by atoms with Crippen LogP contribution in [0, 0.1) is 0 Å². The molecule has 0 atom stereocenters. The van der Waals surface area contributed by atoms with Gasteiger partial charge in [0.15, 0.2) is 5.71 Å². The highest BCUT2D eigenvalue weighted by atomic mass is 16.3. The summed E-state index contributed by atoms with van der Waals surface area (Å²) in [5.41, 5.74) is 1.84. The molecule has 2 aromatic rings. The fourth-order valence-corrected chi connectivity index (χ4v) is 1.71. The summed E-state index contributed by atoms with van der Waals surface area (Å²) in [5, 5.41) is 10.5. The van der Waals surface area contributed by atoms with Gasteiger partial charge in [-0.2, -0.15) is 5.10 Å². The lowest BCUT2D eigenvalue weighted by Crippen LogP contribution is -2.13. The van der Waals surface area contributed by atoms with Crippen LogP contribution >= 0.6 is 0 Å². The van der Waals surface area contributed by atoms with Gasteiger partial charge in [-0.1, -0.05) is 18.2 Å². The monoisotopic (exact) mass is 239 g/mol. The first-order chi connectivity index (χ1) is 8.84. The number of carbonyl (C=O) groups excluding carboxylic acids is 1. The minimum Gasteiger partial charge on any atom is -0.463 e. The van der Waals surface area contributed by atoms with Crippen LogP contribution in [0.1, 0.15) is 11.3 Å². The van der Waals surface area contributed by atoms with Crippen LogP contribution in [0.15, 0.2) is 57.3 Å². The summed E-state index contributed by atoms with van der Waals surface area (Å²) in [5.74, 6) is 0.346. The van der Waals surface area contributed by atoms with Crippen molar-refractivity contribution in [1.29, 1.82) is 0 Å². The Bertz CT molecular complexity index is 642. The summed E-state index contributed by atoms with van der Waals surface area (Å²) in [6.45, 7) is 0. The molecule has 1 amide bonds. The van der Waals surface area contributed by atoms with Crippen LogP contribution in [0.4, 0.5) is 5.69 Å². The van der Waals surface area contributed by atoms with Gasteiger partial charge < -0.3 is 9.73 Å². The summed E-state index contributed by atoms with van der Waals surface area (Å²) in [7, 11) is 0. The molecule has 18 heavy (non-hydrogen) atoms. The fraction of sp³-hybridized carbons (Fsp3) is 0. The predicted octanol–water partition coefficient (Wildman–Crippen LogP) is 2.05. The van der Waals surface area contributed by atoms with Gasteiger partial charge in [-0.15, -0.1) is 5.10 Å². The smallest absolute Gasteiger partial charge is 0.276 e. The minimum absolute atomic E-state index is 0.243. The molecule has 3 rings (SSSR count). The summed E-state index contributed by atoms with van der Waals surface area (Å²) in [6.07, 6.45) is 3.01. The third kappa shape index (κ3) is 1.82. The topological polar surface area (TPSA) is 67.0 Å². The van der Waals surface area contributed by atoms with Gasteiger partial charge in [-0.25, -0.2) is 0 Å². The van der Waals surface area contributed by atoms with E-state index in [1.54, 1.807) is 18.4 Å². The Morgan fingerprint density at radius 3 is 2.89 bits per heavy atom. The van der Waals surface area contributed by atoms with E-state index in [1.807, 2.05) is 24.3 Å². The van der Waals surface area contributed by atoms with Crippen LogP contribution in [-0.2, 0) is 4.79 Å². The Balaban J connectivity index is 1.90. The number of hydrogen-bond donors (Lipinski definition) is 1. The Morgan fingerprint density at radius 2 is 2.06 bits per heavy atom. The molecule has 1 aromatic carbocycles. The van der Waals surface area contributed by atoms with E-state index in [0.717, 1.165) is 11.3 Å². The normalized spacial score (nSPS) is 16.2. The Morgan fingerprint density at radius 1 is 1.17 bits per heavy atom. The first-order valence-corrected chi connectivity index (χ1v) is 5.40. The lowest BCUT2D eigenvalue weighted by molar-refractivity contribution is -0.110. The van der Waals surface area contributed by atoms with E-state index in [4.69, 9.17) is 4.42 Å². The molecule has 0 fully saturated rings. The molecule has 1 aliphatic rings. The first-order valence-electron chi connectivity index (χ1n) is 5.40. The zero-order valence-electron chi connectivity index (χ0n) is 9.33. The number of carbonyl (C=O) groups is 1. The average Bonchev–Trinajstić information content (AvgIpc) is 2.98. The molecule has 2 heterocycles. The van der Waals surface area contributed by atoms with Crippen molar-refractivity contribution < 1.29 is 9.21 Å². The largest absolute Gasteiger partial charge is 0.463 e. The molecule has 1 aliphatic heterocycles. The third-order valence-electron chi connectivity index (χ3n) is 2.53. The van der Waals surface area contributed by atoms with Crippen molar-refractivity contribution in [3.63, 3.8) is 0 Å². The van der Waals surface area contributed by atoms with Crippen molar-refractivity contribution in [2.45, 2.75) is 0 Å². The number of anilines is 1. The highest BCUT2D eigenvalue weighted by molar-refractivity contribution is 6.53. The van der Waals surface area contributed by atoms with Crippen molar-refractivity contribution in [2.75, 3.05) is 5.32 Å². The van der Waals surface area contributed by atoms with E-state index in [1.165, 1.54) is 6.21 Å². The second-order valence-electron chi connectivity index (χ2n) is 3.71. The maximum atomic E-state index is 11.7. The minimum atomic E-state index is -0.243. The van der Waals surface area contributed by atoms with Crippen LogP contribution in [0.25, 0.3) is 0 Å². The maximum absolute atomic E-state index is 11.7. The van der Waals surface area contributed by atoms with Gasteiger partial charge in [0.25, 0.3) is 5.91 Å². The molecule has 0 spiro atoms. The zero-order chi connectivity index (χ0) is 12.4. The predicted molar refractivity (Wildman–Crippen MR) is 67.9 cm³/mol. The zero-order valence-corrected chi connectivity index (χ0v) is 9.33. The van der Waals surface area contributed by atoms with E-state index >= 15 is 0 Å². The summed E-state index contributed by atoms with van der Waals surface area (Å²) in [4.78, 5) is 11.7. The molecule has 0 saturated heterocycles. The molecule has 1 N–H and O–H groups in total. The number of nitrogens with one attached hydrogen (secondary N) is 1. The first kappa shape index (κ1) is 10.5. The van der Waals surface area contributed by atoms with E-state index in [9.17, 15) is 4.79 Å². The molecule has 0 unspecified atom stereocenters. The van der Waals surface area contributed by atoms with Crippen LogP contribution in [-0.4, -0.2) is 17.8 Å². The standard InChI is InChI=1S/C13H9N3O2/c17-13-12(10-5-1-2-6-11(10)15-13)16-14-8-9-4-3-7-18-9/h1-8H,(H,15,16,17)/b14-8+. The summed E-state index contributed by atoms with van der Waals surface area (Å²) in [6, 6.07) is 10.9. The van der Waals surface area contributed by atoms with Crippen LogP contribution in [0.2, 0.25) is 0 Å². The lowest BCUT2D eigenvalue weighted by Gasteiger charge is -1.93. The van der Waals surface area contributed by atoms with Crippen LogP contribution < -0.4 is 5.32 Å². The van der Waals surface area contributed by atoms with Gasteiger partial charge in [0.2, 0.25) is 0 Å². The fourth-order valence-electron chi connectivity index (χ4n) is 1.71. The van der Waals surface area contributed by atoms with Gasteiger partial charge in [0.05, 0.1) is 18.2 Å². The van der Waals surface area contributed by atoms with Crippen molar-refractivity contribution in [3.8, 4) is 0 Å². The van der Waals surface area contributed by atoms with Crippen molar-refractivity contribution in [1.82, 2.24) is 0 Å². The SMILES string of the molecule is O=C1Nc2ccccc2/C1=N\N=C\c1ccco1. The number of furan rings is 1. The Kier molecular flexibility index (Phi) is 2.49. The van der Waals surface area contributed by atoms with Gasteiger partial charge in [0.1, 0.15) is 5.76 Å². The molecule has 88 valence electrons. The van der Waals surface area contributed by atoms with E-state index in [-0.39, 0.29) is 5.91 Å². The van der Waals surface area contributed by atoms with Crippen molar-refractivity contribution in [3.05, 3.63) is 54.0 Å². The van der Waals surface area contributed by atoms with E-state index < -0.39 is 0 Å². The molecule has 0 bridgehead atoms. The van der Waals surface area contributed by atoms with Crippen molar-refractivity contribution >= 4 is 23.5 Å². The van der Waals surface area contributed by atoms with Crippen molar-refractivity contribution in [2.24, 2.45) is 10.2 Å². The Labute approximate surface area is 103 Å². The number of nitrogens with zero attached hydrogens (tertiary/aromatic N) is 2. The number of para-hydroxylation sites is 1. The number of fused-ring (bicyclic) bond motifs is 1. The number of benzene rings is 1. The molecule has 0 aliphatic carbocycles. The molecular formula is C13H9N3O2. The van der Waals surface area contributed by atoms with E-state index in [0.29, 0.717) is 11.5 Å². The van der Waals surface area contributed by atoms with Gasteiger partial charge >= 0.3 is 0 Å².